The Morgan fingerprint density at radius 3 is 2.70 bits per heavy atom. The van der Waals surface area contributed by atoms with Crippen LogP contribution in [0.1, 0.15) is 0 Å². The fourth-order valence-corrected chi connectivity index (χ4v) is 1.09. The molecular formula is C5H3ClNO2S-. The van der Waals surface area contributed by atoms with Crippen LogP contribution in [0.3, 0.4) is 0 Å². The smallest absolute Gasteiger partial charge is 0.0600 e. The van der Waals surface area contributed by atoms with Crippen LogP contribution in [0.4, 0.5) is 0 Å². The van der Waals surface area contributed by atoms with Gasteiger partial charge in [-0.05, 0) is 17.1 Å². The van der Waals surface area contributed by atoms with Crippen molar-refractivity contribution in [2.24, 2.45) is 0 Å². The minimum atomic E-state index is -2.24. The lowest BCUT2D eigenvalue weighted by molar-refractivity contribution is 0.536. The van der Waals surface area contributed by atoms with Crippen LogP contribution >= 0.6 is 11.6 Å². The first-order valence-electron chi connectivity index (χ1n) is 2.40. The van der Waals surface area contributed by atoms with Crippen LogP contribution in [0.15, 0.2) is 23.4 Å². The van der Waals surface area contributed by atoms with Crippen LogP contribution in [0.25, 0.3) is 0 Å². The standard InChI is InChI=1S/C5H4ClNO2S/c6-4-1-5(10(8)9)3-7-2-4/h1-3H,(H,8,9)/p-1. The average molecular weight is 177 g/mol. The second-order valence-electron chi connectivity index (χ2n) is 1.57. The van der Waals surface area contributed by atoms with Gasteiger partial charge in [-0.25, -0.2) is 0 Å². The minimum absolute atomic E-state index is 0.104. The van der Waals surface area contributed by atoms with Gasteiger partial charge in [0.15, 0.2) is 0 Å². The van der Waals surface area contributed by atoms with E-state index in [-0.39, 0.29) is 4.90 Å². The van der Waals surface area contributed by atoms with Gasteiger partial charge < -0.3 is 4.55 Å². The number of hydrogen-bond acceptors (Lipinski definition) is 3. The first kappa shape index (κ1) is 7.65. The number of hydrogen-bond donors (Lipinski definition) is 0. The number of rotatable bonds is 1. The third-order valence-electron chi connectivity index (χ3n) is 0.872. The Morgan fingerprint density at radius 1 is 1.60 bits per heavy atom. The van der Waals surface area contributed by atoms with E-state index in [0.717, 1.165) is 0 Å². The highest BCUT2D eigenvalue weighted by Crippen LogP contribution is 2.10. The van der Waals surface area contributed by atoms with Crippen LogP contribution in [0.2, 0.25) is 5.02 Å². The molecule has 0 fully saturated rings. The van der Waals surface area contributed by atoms with E-state index in [4.69, 9.17) is 11.6 Å². The summed E-state index contributed by atoms with van der Waals surface area (Å²) in [5, 5.41) is 0.321. The molecule has 0 amide bonds. The van der Waals surface area contributed by atoms with Gasteiger partial charge in [0, 0.05) is 17.3 Å². The van der Waals surface area contributed by atoms with Crippen molar-refractivity contribution >= 4 is 22.7 Å². The maximum absolute atomic E-state index is 10.3. The zero-order valence-electron chi connectivity index (χ0n) is 4.78. The second kappa shape index (κ2) is 3.09. The van der Waals surface area contributed by atoms with Gasteiger partial charge in [0.05, 0.1) is 5.02 Å². The van der Waals surface area contributed by atoms with E-state index >= 15 is 0 Å². The maximum atomic E-state index is 10.3. The van der Waals surface area contributed by atoms with Crippen molar-refractivity contribution in [1.29, 1.82) is 0 Å². The van der Waals surface area contributed by atoms with Crippen LogP contribution in [0.5, 0.6) is 0 Å². The monoisotopic (exact) mass is 176 g/mol. The molecule has 0 saturated carbocycles. The molecule has 1 atom stereocenters. The molecular weight excluding hydrogens is 174 g/mol. The van der Waals surface area contributed by atoms with Gasteiger partial charge in [-0.1, -0.05) is 11.6 Å². The van der Waals surface area contributed by atoms with Crippen molar-refractivity contribution < 1.29 is 8.76 Å². The van der Waals surface area contributed by atoms with Gasteiger partial charge in [0.1, 0.15) is 0 Å². The largest absolute Gasteiger partial charge is 0.768 e. The van der Waals surface area contributed by atoms with E-state index in [0.29, 0.717) is 5.02 Å². The summed E-state index contributed by atoms with van der Waals surface area (Å²) >= 11 is 3.22. The molecule has 5 heteroatoms. The zero-order chi connectivity index (χ0) is 7.56. The van der Waals surface area contributed by atoms with E-state index in [1.165, 1.54) is 18.5 Å². The first-order chi connectivity index (χ1) is 4.70. The first-order valence-corrected chi connectivity index (χ1v) is 3.85. The highest BCUT2D eigenvalue weighted by molar-refractivity contribution is 7.79. The summed E-state index contributed by atoms with van der Waals surface area (Å²) in [4.78, 5) is 3.68. The third kappa shape index (κ3) is 1.76. The van der Waals surface area contributed by atoms with Gasteiger partial charge in [-0.15, -0.1) is 0 Å². The lowest BCUT2D eigenvalue weighted by atomic mass is 10.5. The van der Waals surface area contributed by atoms with Crippen molar-refractivity contribution in [2.75, 3.05) is 0 Å². The molecule has 0 bridgehead atoms. The predicted octanol–water partition coefficient (Wildman–Crippen LogP) is 0.973. The maximum Gasteiger partial charge on any atom is 0.0600 e. The Kier molecular flexibility index (Phi) is 2.37. The molecule has 1 heterocycles. The summed E-state index contributed by atoms with van der Waals surface area (Å²) in [6, 6.07) is 1.33. The zero-order valence-corrected chi connectivity index (χ0v) is 6.35. The van der Waals surface area contributed by atoms with Gasteiger partial charge in [0.25, 0.3) is 0 Å². The quantitative estimate of drug-likeness (QED) is 0.600. The molecule has 1 unspecified atom stereocenters. The predicted molar refractivity (Wildman–Crippen MR) is 36.4 cm³/mol. The molecule has 10 heavy (non-hydrogen) atoms. The van der Waals surface area contributed by atoms with E-state index in [2.05, 4.69) is 4.98 Å². The fraction of sp³-hybridized carbons (Fsp3) is 0. The van der Waals surface area contributed by atoms with Gasteiger partial charge in [-0.3, -0.25) is 9.19 Å². The molecule has 0 saturated heterocycles. The molecule has 0 aromatic carbocycles. The van der Waals surface area contributed by atoms with E-state index < -0.39 is 11.1 Å². The molecule has 0 spiro atoms. The molecule has 0 aliphatic carbocycles. The Morgan fingerprint density at radius 2 is 2.30 bits per heavy atom. The molecule has 1 aromatic rings. The molecule has 0 radical (unpaired) electrons. The molecule has 54 valence electrons. The lowest BCUT2D eigenvalue weighted by Crippen LogP contribution is -1.88. The summed E-state index contributed by atoms with van der Waals surface area (Å²) in [5.41, 5.74) is 0. The molecule has 1 aromatic heterocycles. The summed E-state index contributed by atoms with van der Waals surface area (Å²) in [6.07, 6.45) is 2.60. The Hall–Kier alpha value is -0.450. The molecule has 3 nitrogen and oxygen atoms in total. The summed E-state index contributed by atoms with van der Waals surface area (Å²) in [7, 11) is 0. The van der Waals surface area contributed by atoms with Crippen LogP contribution in [0, 0.1) is 0 Å². The van der Waals surface area contributed by atoms with Crippen molar-refractivity contribution in [1.82, 2.24) is 4.98 Å². The van der Waals surface area contributed by atoms with E-state index in [1.807, 2.05) is 0 Å². The molecule has 0 N–H and O–H groups in total. The van der Waals surface area contributed by atoms with Crippen molar-refractivity contribution in [3.8, 4) is 0 Å². The van der Waals surface area contributed by atoms with Crippen LogP contribution in [-0.4, -0.2) is 13.7 Å². The fourth-order valence-electron chi connectivity index (χ4n) is 0.484. The highest BCUT2D eigenvalue weighted by atomic mass is 35.5. The number of nitrogens with zero attached hydrogens (tertiary/aromatic N) is 1. The second-order valence-corrected chi connectivity index (χ2v) is 2.95. The highest BCUT2D eigenvalue weighted by Gasteiger charge is 1.92. The van der Waals surface area contributed by atoms with Crippen molar-refractivity contribution in [2.45, 2.75) is 4.90 Å². The Labute approximate surface area is 65.3 Å². The topological polar surface area (TPSA) is 53.0 Å². The SMILES string of the molecule is O=S([O-])c1cncc(Cl)c1. The summed E-state index contributed by atoms with van der Waals surface area (Å²) in [5.74, 6) is 0. The number of pyridine rings is 1. The Bertz CT molecular complexity index is 266. The van der Waals surface area contributed by atoms with Gasteiger partial charge >= 0.3 is 0 Å². The summed E-state index contributed by atoms with van der Waals surface area (Å²) < 4.78 is 20.5. The number of aromatic nitrogens is 1. The van der Waals surface area contributed by atoms with E-state index in [1.54, 1.807) is 0 Å². The van der Waals surface area contributed by atoms with Crippen LogP contribution in [-0.2, 0) is 11.1 Å². The van der Waals surface area contributed by atoms with Crippen molar-refractivity contribution in [3.63, 3.8) is 0 Å². The van der Waals surface area contributed by atoms with Crippen LogP contribution < -0.4 is 0 Å². The molecule has 0 aliphatic heterocycles. The Balaban J connectivity index is 3.07. The normalized spacial score (nSPS) is 13.0. The summed E-state index contributed by atoms with van der Waals surface area (Å²) in [6.45, 7) is 0. The number of halogens is 1. The van der Waals surface area contributed by atoms with E-state index in [9.17, 15) is 8.76 Å². The lowest BCUT2D eigenvalue weighted by Gasteiger charge is -2.02. The molecule has 0 aliphatic rings. The van der Waals surface area contributed by atoms with Gasteiger partial charge in [0.2, 0.25) is 0 Å². The third-order valence-corrected chi connectivity index (χ3v) is 1.69. The minimum Gasteiger partial charge on any atom is -0.768 e. The van der Waals surface area contributed by atoms with Crippen molar-refractivity contribution in [3.05, 3.63) is 23.5 Å². The van der Waals surface area contributed by atoms with Gasteiger partial charge in [-0.2, -0.15) is 0 Å². The average Bonchev–Trinajstić information content (AvgIpc) is 1.88. The molecule has 1 rings (SSSR count).